The van der Waals surface area contributed by atoms with Crippen LogP contribution in [0.5, 0.6) is 0 Å². The van der Waals surface area contributed by atoms with Gasteiger partial charge < -0.3 is 15.8 Å². The van der Waals surface area contributed by atoms with Crippen LogP contribution in [-0.4, -0.2) is 45.7 Å². The van der Waals surface area contributed by atoms with Crippen LogP contribution in [0.4, 0.5) is 5.95 Å². The third kappa shape index (κ3) is 3.86. The molecule has 2 heterocycles. The lowest BCUT2D eigenvalue weighted by atomic mass is 10.2. The first-order valence-electron chi connectivity index (χ1n) is 6.79. The fourth-order valence-corrected chi connectivity index (χ4v) is 2.99. The highest BCUT2D eigenvalue weighted by Gasteiger charge is 2.17. The van der Waals surface area contributed by atoms with E-state index in [0.29, 0.717) is 23.4 Å². The Hall–Kier alpha value is -1.28. The number of carbonyl (C=O) groups excluding carboxylic acids is 1. The van der Waals surface area contributed by atoms with E-state index in [1.54, 1.807) is 0 Å². The van der Waals surface area contributed by atoms with Gasteiger partial charge in [-0.05, 0) is 26.7 Å². The fraction of sp³-hybridized carbons (Fsp3) is 0.750. The summed E-state index contributed by atoms with van der Waals surface area (Å²) < 4.78 is 7.27. The standard InChI is InChI=1S/C12H21N5O2S/c1-8(2)17-11(13)15-16-12(17)20-7-10(18)14-6-9-4-3-5-19-9/h8-9H,3-7H2,1-2H3,(H2,13,15)(H,14,18). The Morgan fingerprint density at radius 2 is 2.40 bits per heavy atom. The normalized spacial score (nSPS) is 18.6. The number of thioether (sulfide) groups is 1. The van der Waals surface area contributed by atoms with Crippen LogP contribution in [0.25, 0.3) is 0 Å². The van der Waals surface area contributed by atoms with Crippen molar-refractivity contribution < 1.29 is 9.53 Å². The number of aromatic nitrogens is 3. The van der Waals surface area contributed by atoms with Crippen molar-refractivity contribution in [3.05, 3.63) is 0 Å². The van der Waals surface area contributed by atoms with E-state index >= 15 is 0 Å². The second-order valence-corrected chi connectivity index (χ2v) is 5.97. The molecule has 0 radical (unpaired) electrons. The van der Waals surface area contributed by atoms with Gasteiger partial charge in [-0.1, -0.05) is 11.8 Å². The predicted octanol–water partition coefficient (Wildman–Crippen LogP) is 0.828. The molecule has 1 atom stereocenters. The van der Waals surface area contributed by atoms with Gasteiger partial charge >= 0.3 is 0 Å². The summed E-state index contributed by atoms with van der Waals surface area (Å²) in [4.78, 5) is 11.8. The predicted molar refractivity (Wildman–Crippen MR) is 77.5 cm³/mol. The molecule has 7 nitrogen and oxygen atoms in total. The van der Waals surface area contributed by atoms with Crippen molar-refractivity contribution in [1.29, 1.82) is 0 Å². The van der Waals surface area contributed by atoms with E-state index in [0.717, 1.165) is 19.4 Å². The van der Waals surface area contributed by atoms with Gasteiger partial charge in [-0.3, -0.25) is 9.36 Å². The Morgan fingerprint density at radius 1 is 1.60 bits per heavy atom. The molecule has 8 heteroatoms. The zero-order valence-electron chi connectivity index (χ0n) is 11.8. The lowest BCUT2D eigenvalue weighted by molar-refractivity contribution is -0.119. The summed E-state index contributed by atoms with van der Waals surface area (Å²) in [7, 11) is 0. The van der Waals surface area contributed by atoms with Crippen LogP contribution < -0.4 is 11.1 Å². The summed E-state index contributed by atoms with van der Waals surface area (Å²) in [5.74, 6) is 0.655. The third-order valence-electron chi connectivity index (χ3n) is 3.09. The molecule has 1 aliphatic heterocycles. The van der Waals surface area contributed by atoms with Gasteiger partial charge in [-0.15, -0.1) is 10.2 Å². The van der Waals surface area contributed by atoms with Gasteiger partial charge in [0.25, 0.3) is 0 Å². The fourth-order valence-electron chi connectivity index (χ4n) is 2.09. The molecule has 1 saturated heterocycles. The number of nitrogens with two attached hydrogens (primary N) is 1. The number of hydrogen-bond donors (Lipinski definition) is 2. The number of nitrogens with zero attached hydrogens (tertiary/aromatic N) is 3. The second kappa shape index (κ2) is 6.94. The van der Waals surface area contributed by atoms with E-state index in [-0.39, 0.29) is 18.1 Å². The van der Waals surface area contributed by atoms with Gasteiger partial charge in [0, 0.05) is 19.2 Å². The Bertz CT molecular complexity index is 457. The molecule has 1 aromatic rings. The number of anilines is 1. The highest BCUT2D eigenvalue weighted by Crippen LogP contribution is 2.22. The van der Waals surface area contributed by atoms with Crippen molar-refractivity contribution in [2.24, 2.45) is 0 Å². The number of rotatable bonds is 6. The molecule has 1 aliphatic rings. The van der Waals surface area contributed by atoms with Gasteiger partial charge in [0.2, 0.25) is 11.9 Å². The summed E-state index contributed by atoms with van der Waals surface area (Å²) in [6.07, 6.45) is 2.26. The Labute approximate surface area is 122 Å². The van der Waals surface area contributed by atoms with Crippen LogP contribution in [0.3, 0.4) is 0 Å². The Kier molecular flexibility index (Phi) is 5.24. The number of nitrogen functional groups attached to an aromatic ring is 1. The van der Waals surface area contributed by atoms with Gasteiger partial charge in [0.05, 0.1) is 11.9 Å². The third-order valence-corrected chi connectivity index (χ3v) is 4.03. The first kappa shape index (κ1) is 15.1. The molecule has 0 bridgehead atoms. The number of carbonyl (C=O) groups is 1. The molecule has 20 heavy (non-hydrogen) atoms. The minimum absolute atomic E-state index is 0.0256. The summed E-state index contributed by atoms with van der Waals surface area (Å²) >= 11 is 1.34. The topological polar surface area (TPSA) is 95.1 Å². The minimum Gasteiger partial charge on any atom is -0.376 e. The monoisotopic (exact) mass is 299 g/mol. The first-order chi connectivity index (χ1) is 9.58. The van der Waals surface area contributed by atoms with Crippen molar-refractivity contribution in [3.8, 4) is 0 Å². The SMILES string of the molecule is CC(C)n1c(N)nnc1SCC(=O)NCC1CCCO1. The van der Waals surface area contributed by atoms with Crippen molar-refractivity contribution >= 4 is 23.6 Å². The van der Waals surface area contributed by atoms with Crippen LogP contribution in [0.2, 0.25) is 0 Å². The quantitative estimate of drug-likeness (QED) is 0.755. The number of hydrogen-bond acceptors (Lipinski definition) is 6. The van der Waals surface area contributed by atoms with Crippen molar-refractivity contribution in [2.45, 2.75) is 44.0 Å². The van der Waals surface area contributed by atoms with Crippen LogP contribution >= 0.6 is 11.8 Å². The van der Waals surface area contributed by atoms with Gasteiger partial charge in [-0.25, -0.2) is 0 Å². The minimum atomic E-state index is -0.0256. The Balaban J connectivity index is 1.78. The molecule has 1 fully saturated rings. The molecule has 0 spiro atoms. The maximum atomic E-state index is 11.8. The van der Waals surface area contributed by atoms with Gasteiger partial charge in [-0.2, -0.15) is 0 Å². The van der Waals surface area contributed by atoms with E-state index in [1.807, 2.05) is 18.4 Å². The second-order valence-electron chi connectivity index (χ2n) is 5.03. The highest BCUT2D eigenvalue weighted by molar-refractivity contribution is 7.99. The maximum absolute atomic E-state index is 11.8. The maximum Gasteiger partial charge on any atom is 0.230 e. The smallest absolute Gasteiger partial charge is 0.230 e. The van der Waals surface area contributed by atoms with Gasteiger partial charge in [0.15, 0.2) is 5.16 Å². The molecule has 112 valence electrons. The average Bonchev–Trinajstić information content (AvgIpc) is 3.03. The van der Waals surface area contributed by atoms with E-state index < -0.39 is 0 Å². The summed E-state index contributed by atoms with van der Waals surface area (Å²) in [5.41, 5.74) is 5.75. The van der Waals surface area contributed by atoms with Crippen molar-refractivity contribution in [2.75, 3.05) is 24.6 Å². The molecule has 1 amide bonds. The Morgan fingerprint density at radius 3 is 3.05 bits per heavy atom. The van der Waals surface area contributed by atoms with Crippen LogP contribution in [0, 0.1) is 0 Å². The lowest BCUT2D eigenvalue weighted by Crippen LogP contribution is -2.33. The lowest BCUT2D eigenvalue weighted by Gasteiger charge is -2.12. The van der Waals surface area contributed by atoms with E-state index in [9.17, 15) is 4.79 Å². The molecule has 0 aromatic carbocycles. The molecule has 2 rings (SSSR count). The highest BCUT2D eigenvalue weighted by atomic mass is 32.2. The molecule has 1 aromatic heterocycles. The van der Waals surface area contributed by atoms with E-state index in [4.69, 9.17) is 10.5 Å². The summed E-state index contributed by atoms with van der Waals surface area (Å²) in [6.45, 7) is 5.38. The van der Waals surface area contributed by atoms with E-state index in [1.165, 1.54) is 11.8 Å². The molecular formula is C12H21N5O2S. The van der Waals surface area contributed by atoms with Crippen molar-refractivity contribution in [1.82, 2.24) is 20.1 Å². The largest absolute Gasteiger partial charge is 0.376 e. The van der Waals surface area contributed by atoms with Crippen LogP contribution in [-0.2, 0) is 9.53 Å². The molecule has 1 unspecified atom stereocenters. The number of amides is 1. The van der Waals surface area contributed by atoms with Crippen LogP contribution in [0.15, 0.2) is 5.16 Å². The molecular weight excluding hydrogens is 278 g/mol. The number of nitrogens with one attached hydrogen (secondary N) is 1. The van der Waals surface area contributed by atoms with Crippen molar-refractivity contribution in [3.63, 3.8) is 0 Å². The summed E-state index contributed by atoms with van der Waals surface area (Å²) in [6, 6.07) is 0.169. The van der Waals surface area contributed by atoms with Gasteiger partial charge in [0.1, 0.15) is 0 Å². The van der Waals surface area contributed by atoms with E-state index in [2.05, 4.69) is 15.5 Å². The first-order valence-corrected chi connectivity index (χ1v) is 7.78. The van der Waals surface area contributed by atoms with Crippen LogP contribution in [0.1, 0.15) is 32.7 Å². The molecule has 0 aliphatic carbocycles. The summed E-state index contributed by atoms with van der Waals surface area (Å²) in [5, 5.41) is 11.4. The molecule has 0 saturated carbocycles. The zero-order valence-corrected chi connectivity index (χ0v) is 12.7. The molecule has 3 N–H and O–H groups in total. The average molecular weight is 299 g/mol. The zero-order chi connectivity index (χ0) is 14.5. The number of ether oxygens (including phenoxy) is 1.